The predicted molar refractivity (Wildman–Crippen MR) is 34.5 cm³/mol. The summed E-state index contributed by atoms with van der Waals surface area (Å²) in [5.41, 5.74) is 10.5. The van der Waals surface area contributed by atoms with Gasteiger partial charge in [-0.25, -0.2) is 0 Å². The van der Waals surface area contributed by atoms with Crippen LogP contribution in [0.5, 0.6) is 0 Å². The Hall–Kier alpha value is -0.570. The van der Waals surface area contributed by atoms with Crippen LogP contribution in [0.2, 0.25) is 0 Å². The zero-order valence-electron chi connectivity index (χ0n) is 5.55. The van der Waals surface area contributed by atoms with Crippen molar-refractivity contribution in [2.75, 3.05) is 0 Å². The summed E-state index contributed by atoms with van der Waals surface area (Å²) < 4.78 is 0. The van der Waals surface area contributed by atoms with Gasteiger partial charge in [-0.05, 0) is 12.8 Å². The van der Waals surface area contributed by atoms with Crippen LogP contribution in [-0.4, -0.2) is 11.4 Å². The third kappa shape index (κ3) is 1.05. The van der Waals surface area contributed by atoms with Crippen molar-refractivity contribution in [2.45, 2.75) is 25.3 Å². The number of primary amides is 1. The topological polar surface area (TPSA) is 69.1 Å². The van der Waals surface area contributed by atoms with Crippen LogP contribution < -0.4 is 11.5 Å². The second-order valence-electron chi connectivity index (χ2n) is 2.86. The van der Waals surface area contributed by atoms with Crippen molar-refractivity contribution in [1.29, 1.82) is 0 Å². The van der Waals surface area contributed by atoms with Gasteiger partial charge in [0.15, 0.2) is 0 Å². The maximum absolute atomic E-state index is 10.5. The SMILES string of the molecule is CC(C(N)=O)C1(N)CC1. The molecule has 9 heavy (non-hydrogen) atoms. The van der Waals surface area contributed by atoms with Gasteiger partial charge in [-0.2, -0.15) is 0 Å². The van der Waals surface area contributed by atoms with Gasteiger partial charge in [-0.1, -0.05) is 6.92 Å². The first-order valence-electron chi connectivity index (χ1n) is 3.14. The monoisotopic (exact) mass is 128 g/mol. The smallest absolute Gasteiger partial charge is 0.222 e. The highest BCUT2D eigenvalue weighted by Gasteiger charge is 2.45. The molecule has 0 aromatic carbocycles. The maximum atomic E-state index is 10.5. The summed E-state index contributed by atoms with van der Waals surface area (Å²) >= 11 is 0. The van der Waals surface area contributed by atoms with E-state index in [1.165, 1.54) is 0 Å². The quantitative estimate of drug-likeness (QED) is 0.531. The van der Waals surface area contributed by atoms with Crippen molar-refractivity contribution in [3.63, 3.8) is 0 Å². The first-order chi connectivity index (χ1) is 4.06. The Morgan fingerprint density at radius 2 is 2.11 bits per heavy atom. The summed E-state index contributed by atoms with van der Waals surface area (Å²) in [6, 6.07) is 0. The van der Waals surface area contributed by atoms with Crippen LogP contribution in [0.15, 0.2) is 0 Å². The molecule has 52 valence electrons. The molecule has 1 aliphatic rings. The van der Waals surface area contributed by atoms with E-state index in [4.69, 9.17) is 11.5 Å². The first kappa shape index (κ1) is 6.55. The summed E-state index contributed by atoms with van der Waals surface area (Å²) in [5.74, 6) is -0.438. The zero-order valence-corrected chi connectivity index (χ0v) is 5.55. The molecule has 1 unspecified atom stereocenters. The van der Waals surface area contributed by atoms with E-state index in [1.807, 2.05) is 0 Å². The lowest BCUT2D eigenvalue weighted by Crippen LogP contribution is -2.39. The molecule has 3 heteroatoms. The summed E-state index contributed by atoms with van der Waals surface area (Å²) in [4.78, 5) is 10.5. The summed E-state index contributed by atoms with van der Waals surface area (Å²) in [5, 5.41) is 0. The van der Waals surface area contributed by atoms with Crippen molar-refractivity contribution in [3.8, 4) is 0 Å². The maximum Gasteiger partial charge on any atom is 0.222 e. The normalized spacial score (nSPS) is 25.1. The molecule has 1 saturated carbocycles. The number of hydrogen-bond donors (Lipinski definition) is 2. The fourth-order valence-corrected chi connectivity index (χ4v) is 0.861. The van der Waals surface area contributed by atoms with E-state index in [0.717, 1.165) is 12.8 Å². The lowest BCUT2D eigenvalue weighted by Gasteiger charge is -2.13. The molecular formula is C6H12N2O. The standard InChI is InChI=1S/C6H12N2O/c1-4(5(7)9)6(8)2-3-6/h4H,2-3,8H2,1H3,(H2,7,9). The number of carbonyl (C=O) groups is 1. The van der Waals surface area contributed by atoms with Crippen molar-refractivity contribution in [1.82, 2.24) is 0 Å². The van der Waals surface area contributed by atoms with Gasteiger partial charge in [-0.15, -0.1) is 0 Å². The molecule has 0 saturated heterocycles. The Labute approximate surface area is 54.4 Å². The molecule has 1 rings (SSSR count). The molecule has 4 N–H and O–H groups in total. The van der Waals surface area contributed by atoms with E-state index >= 15 is 0 Å². The minimum atomic E-state index is -0.282. The van der Waals surface area contributed by atoms with Crippen molar-refractivity contribution < 1.29 is 4.79 Å². The molecular weight excluding hydrogens is 116 g/mol. The Morgan fingerprint density at radius 3 is 2.22 bits per heavy atom. The molecule has 1 atom stereocenters. The fraction of sp³-hybridized carbons (Fsp3) is 0.833. The molecule has 0 aromatic rings. The summed E-state index contributed by atoms with van der Waals surface area (Å²) in [6.07, 6.45) is 1.88. The lowest BCUT2D eigenvalue weighted by molar-refractivity contribution is -0.122. The number of rotatable bonds is 2. The molecule has 0 aromatic heterocycles. The van der Waals surface area contributed by atoms with E-state index in [1.54, 1.807) is 6.92 Å². The van der Waals surface area contributed by atoms with Crippen LogP contribution in [0.25, 0.3) is 0 Å². The molecule has 0 aliphatic heterocycles. The van der Waals surface area contributed by atoms with Gasteiger partial charge in [0.2, 0.25) is 5.91 Å². The average Bonchev–Trinajstić information content (AvgIpc) is 2.47. The number of hydrogen-bond acceptors (Lipinski definition) is 2. The minimum absolute atomic E-state index is 0.155. The van der Waals surface area contributed by atoms with Crippen molar-refractivity contribution in [3.05, 3.63) is 0 Å². The third-order valence-electron chi connectivity index (χ3n) is 2.12. The van der Waals surface area contributed by atoms with Gasteiger partial charge >= 0.3 is 0 Å². The van der Waals surface area contributed by atoms with Crippen molar-refractivity contribution in [2.24, 2.45) is 17.4 Å². The Morgan fingerprint density at radius 1 is 1.67 bits per heavy atom. The second-order valence-corrected chi connectivity index (χ2v) is 2.86. The van der Waals surface area contributed by atoms with E-state index in [-0.39, 0.29) is 17.4 Å². The molecule has 0 bridgehead atoms. The number of amides is 1. The van der Waals surface area contributed by atoms with Crippen LogP contribution in [0.3, 0.4) is 0 Å². The van der Waals surface area contributed by atoms with Crippen molar-refractivity contribution >= 4 is 5.91 Å². The van der Waals surface area contributed by atoms with E-state index in [2.05, 4.69) is 0 Å². The van der Waals surface area contributed by atoms with Gasteiger partial charge in [0.25, 0.3) is 0 Å². The van der Waals surface area contributed by atoms with Crippen LogP contribution in [-0.2, 0) is 4.79 Å². The third-order valence-corrected chi connectivity index (χ3v) is 2.12. The van der Waals surface area contributed by atoms with Crippen LogP contribution in [0, 0.1) is 5.92 Å². The second kappa shape index (κ2) is 1.70. The summed E-state index contributed by atoms with van der Waals surface area (Å²) in [7, 11) is 0. The van der Waals surface area contributed by atoms with E-state index in [0.29, 0.717) is 0 Å². The molecule has 0 heterocycles. The predicted octanol–water partition coefficient (Wildman–Crippen LogP) is -0.401. The fourth-order valence-electron chi connectivity index (χ4n) is 0.861. The minimum Gasteiger partial charge on any atom is -0.369 e. The molecule has 0 radical (unpaired) electrons. The van der Waals surface area contributed by atoms with Gasteiger partial charge in [0.1, 0.15) is 0 Å². The average molecular weight is 128 g/mol. The molecule has 1 amide bonds. The van der Waals surface area contributed by atoms with Gasteiger partial charge in [0, 0.05) is 5.54 Å². The summed E-state index contributed by atoms with van der Waals surface area (Å²) in [6.45, 7) is 1.79. The Kier molecular flexibility index (Phi) is 1.24. The Balaban J connectivity index is 2.52. The van der Waals surface area contributed by atoms with Gasteiger partial charge in [0.05, 0.1) is 5.92 Å². The molecule has 3 nitrogen and oxygen atoms in total. The lowest BCUT2D eigenvalue weighted by atomic mass is 10.0. The molecule has 1 aliphatic carbocycles. The van der Waals surface area contributed by atoms with Gasteiger partial charge < -0.3 is 11.5 Å². The van der Waals surface area contributed by atoms with Crippen LogP contribution >= 0.6 is 0 Å². The highest BCUT2D eigenvalue weighted by Crippen LogP contribution is 2.39. The number of carbonyl (C=O) groups excluding carboxylic acids is 1. The van der Waals surface area contributed by atoms with Crippen LogP contribution in [0.1, 0.15) is 19.8 Å². The van der Waals surface area contributed by atoms with E-state index < -0.39 is 0 Å². The molecule has 1 fully saturated rings. The van der Waals surface area contributed by atoms with E-state index in [9.17, 15) is 4.79 Å². The number of nitrogens with two attached hydrogens (primary N) is 2. The van der Waals surface area contributed by atoms with Gasteiger partial charge in [-0.3, -0.25) is 4.79 Å². The van der Waals surface area contributed by atoms with Crippen LogP contribution in [0.4, 0.5) is 0 Å². The Bertz CT molecular complexity index is 140. The zero-order chi connectivity index (χ0) is 7.07. The highest BCUT2D eigenvalue weighted by atomic mass is 16.1. The largest absolute Gasteiger partial charge is 0.369 e. The highest BCUT2D eigenvalue weighted by molar-refractivity contribution is 5.78. The first-order valence-corrected chi connectivity index (χ1v) is 3.14. The molecule has 0 spiro atoms.